The molecule has 0 aliphatic carbocycles. The maximum Gasteiger partial charge on any atom is 0.266 e. The number of thiocarbonyl (C=S) groups is 1. The summed E-state index contributed by atoms with van der Waals surface area (Å²) in [6, 6.07) is 7.55. The summed E-state index contributed by atoms with van der Waals surface area (Å²) in [6.45, 7) is 5.60. The highest BCUT2D eigenvalue weighted by atomic mass is 32.2. The van der Waals surface area contributed by atoms with Gasteiger partial charge in [0.2, 0.25) is 5.91 Å². The van der Waals surface area contributed by atoms with Gasteiger partial charge in [0.15, 0.2) is 0 Å². The van der Waals surface area contributed by atoms with E-state index in [9.17, 15) is 9.59 Å². The minimum Gasteiger partial charge on any atom is -0.494 e. The highest BCUT2D eigenvalue weighted by Gasteiger charge is 2.31. The Morgan fingerprint density at radius 3 is 2.69 bits per heavy atom. The van der Waals surface area contributed by atoms with Crippen molar-refractivity contribution in [1.82, 2.24) is 10.2 Å². The van der Waals surface area contributed by atoms with Crippen LogP contribution in [0.1, 0.15) is 38.7 Å². The monoisotopic (exact) mass is 392 g/mol. The molecular weight excluding hydrogens is 368 g/mol. The molecule has 0 bridgehead atoms. The van der Waals surface area contributed by atoms with Gasteiger partial charge in [0, 0.05) is 19.5 Å². The zero-order valence-electron chi connectivity index (χ0n) is 15.1. The molecule has 1 aromatic carbocycles. The molecular formula is C19H24N2O3S2. The highest BCUT2D eigenvalue weighted by molar-refractivity contribution is 8.26. The molecule has 1 aromatic rings. The number of carbonyl (C=O) groups excluding carboxylic acids is 2. The molecule has 1 aliphatic rings. The van der Waals surface area contributed by atoms with E-state index in [4.69, 9.17) is 17.0 Å². The summed E-state index contributed by atoms with van der Waals surface area (Å²) in [7, 11) is 0. The summed E-state index contributed by atoms with van der Waals surface area (Å²) in [5.74, 6) is 0.601. The largest absolute Gasteiger partial charge is 0.494 e. The Bertz CT molecular complexity index is 687. The van der Waals surface area contributed by atoms with Gasteiger partial charge in [-0.1, -0.05) is 49.5 Å². The molecule has 2 rings (SSSR count). The van der Waals surface area contributed by atoms with E-state index >= 15 is 0 Å². The summed E-state index contributed by atoms with van der Waals surface area (Å²) >= 11 is 6.57. The lowest BCUT2D eigenvalue weighted by Crippen LogP contribution is -2.33. The molecule has 1 fully saturated rings. The number of hydrogen-bond acceptors (Lipinski definition) is 5. The van der Waals surface area contributed by atoms with Crippen LogP contribution in [0.5, 0.6) is 5.75 Å². The maximum atomic E-state index is 12.6. The van der Waals surface area contributed by atoms with Crippen molar-refractivity contribution in [3.63, 3.8) is 0 Å². The Hall–Kier alpha value is -1.86. The molecule has 1 saturated heterocycles. The fraction of sp³-hybridized carbons (Fsp3) is 0.421. The average Bonchev–Trinajstić information content (AvgIpc) is 2.89. The van der Waals surface area contributed by atoms with E-state index in [1.54, 1.807) is 0 Å². The minimum atomic E-state index is -0.143. The molecule has 0 spiro atoms. The van der Waals surface area contributed by atoms with Gasteiger partial charge in [-0.25, -0.2) is 0 Å². The number of amides is 2. The number of benzene rings is 1. The Morgan fingerprint density at radius 1 is 1.31 bits per heavy atom. The number of unbranched alkanes of at least 4 members (excludes halogenated alkanes) is 1. The van der Waals surface area contributed by atoms with Gasteiger partial charge in [0.05, 0.1) is 11.5 Å². The van der Waals surface area contributed by atoms with Crippen LogP contribution in [0, 0.1) is 0 Å². The zero-order valence-corrected chi connectivity index (χ0v) is 16.8. The normalized spacial score (nSPS) is 15.6. The van der Waals surface area contributed by atoms with Crippen LogP contribution in [0.4, 0.5) is 0 Å². The first-order valence-electron chi connectivity index (χ1n) is 8.80. The molecule has 1 N–H and O–H groups in total. The van der Waals surface area contributed by atoms with Crippen LogP contribution >= 0.6 is 24.0 Å². The molecule has 0 aromatic heterocycles. The van der Waals surface area contributed by atoms with Gasteiger partial charge in [-0.05, 0) is 37.1 Å². The zero-order chi connectivity index (χ0) is 18.9. The number of hydrogen-bond donors (Lipinski definition) is 1. The highest BCUT2D eigenvalue weighted by Crippen LogP contribution is 2.32. The fourth-order valence-corrected chi connectivity index (χ4v) is 3.69. The van der Waals surface area contributed by atoms with Crippen LogP contribution in [0.15, 0.2) is 29.2 Å². The van der Waals surface area contributed by atoms with Gasteiger partial charge in [0.25, 0.3) is 5.91 Å². The third-order valence-electron chi connectivity index (χ3n) is 3.78. The van der Waals surface area contributed by atoms with Crippen LogP contribution in [0.3, 0.4) is 0 Å². The van der Waals surface area contributed by atoms with Gasteiger partial charge in [0.1, 0.15) is 10.1 Å². The van der Waals surface area contributed by atoms with Crippen molar-refractivity contribution >= 4 is 46.2 Å². The molecule has 26 heavy (non-hydrogen) atoms. The van der Waals surface area contributed by atoms with E-state index in [1.165, 1.54) is 16.7 Å². The predicted molar refractivity (Wildman–Crippen MR) is 110 cm³/mol. The number of nitrogens with one attached hydrogen (secondary N) is 1. The summed E-state index contributed by atoms with van der Waals surface area (Å²) in [5.41, 5.74) is 0.909. The molecule has 7 heteroatoms. The van der Waals surface area contributed by atoms with E-state index in [0.717, 1.165) is 24.2 Å². The fourth-order valence-electron chi connectivity index (χ4n) is 2.38. The van der Waals surface area contributed by atoms with E-state index < -0.39 is 0 Å². The predicted octanol–water partition coefficient (Wildman–Crippen LogP) is 3.59. The third-order valence-corrected chi connectivity index (χ3v) is 5.16. The first kappa shape index (κ1) is 20.5. The van der Waals surface area contributed by atoms with Gasteiger partial charge < -0.3 is 10.1 Å². The Balaban J connectivity index is 1.93. The van der Waals surface area contributed by atoms with E-state index in [-0.39, 0.29) is 18.2 Å². The summed E-state index contributed by atoms with van der Waals surface area (Å²) in [5, 5.41) is 2.85. The molecule has 2 amide bonds. The van der Waals surface area contributed by atoms with Crippen molar-refractivity contribution in [3.05, 3.63) is 34.7 Å². The van der Waals surface area contributed by atoms with Crippen LogP contribution < -0.4 is 10.1 Å². The summed E-state index contributed by atoms with van der Waals surface area (Å²) < 4.78 is 5.91. The van der Waals surface area contributed by atoms with Crippen LogP contribution in [-0.4, -0.2) is 40.7 Å². The minimum absolute atomic E-state index is 0.0528. The molecule has 1 heterocycles. The lowest BCUT2D eigenvalue weighted by molar-refractivity contribution is -0.123. The van der Waals surface area contributed by atoms with Crippen LogP contribution in [0.25, 0.3) is 6.08 Å². The first-order valence-corrected chi connectivity index (χ1v) is 10.0. The Labute approximate surface area is 164 Å². The second-order valence-corrected chi connectivity index (χ2v) is 7.46. The average molecular weight is 393 g/mol. The SMILES string of the molecule is CCCCNC(=O)CCN1C(=O)/C(=C/c2ccc(OCC)cc2)SC1=S. The smallest absolute Gasteiger partial charge is 0.266 e. The van der Waals surface area contributed by atoms with Crippen LogP contribution in [-0.2, 0) is 9.59 Å². The van der Waals surface area contributed by atoms with E-state index in [0.29, 0.717) is 28.9 Å². The molecule has 0 unspecified atom stereocenters. The maximum absolute atomic E-state index is 12.6. The quantitative estimate of drug-likeness (QED) is 0.395. The molecule has 140 valence electrons. The lowest BCUT2D eigenvalue weighted by atomic mass is 10.2. The van der Waals surface area contributed by atoms with Gasteiger partial charge in [-0.3, -0.25) is 14.5 Å². The molecule has 0 atom stereocenters. The second-order valence-electron chi connectivity index (χ2n) is 5.79. The van der Waals surface area contributed by atoms with Gasteiger partial charge in [-0.15, -0.1) is 0 Å². The van der Waals surface area contributed by atoms with Crippen molar-refractivity contribution in [2.75, 3.05) is 19.7 Å². The van der Waals surface area contributed by atoms with Gasteiger partial charge >= 0.3 is 0 Å². The van der Waals surface area contributed by atoms with Crippen molar-refractivity contribution in [2.24, 2.45) is 0 Å². The number of ether oxygens (including phenoxy) is 1. The van der Waals surface area contributed by atoms with E-state index in [2.05, 4.69) is 12.2 Å². The van der Waals surface area contributed by atoms with Crippen LogP contribution in [0.2, 0.25) is 0 Å². The second kappa shape index (κ2) is 10.3. The van der Waals surface area contributed by atoms with Crippen molar-refractivity contribution in [2.45, 2.75) is 33.1 Å². The topological polar surface area (TPSA) is 58.6 Å². The molecule has 0 radical (unpaired) electrons. The first-order chi connectivity index (χ1) is 12.5. The summed E-state index contributed by atoms with van der Waals surface area (Å²) in [6.07, 6.45) is 4.06. The number of nitrogens with zero attached hydrogens (tertiary/aromatic N) is 1. The van der Waals surface area contributed by atoms with Gasteiger partial charge in [-0.2, -0.15) is 0 Å². The molecule has 1 aliphatic heterocycles. The number of carbonyl (C=O) groups is 2. The van der Waals surface area contributed by atoms with E-state index in [1.807, 2.05) is 37.3 Å². The standard InChI is InChI=1S/C19H24N2O3S2/c1-3-5-11-20-17(22)10-12-21-18(23)16(26-19(21)25)13-14-6-8-15(9-7-14)24-4-2/h6-9,13H,3-5,10-12H2,1-2H3,(H,20,22)/b16-13-. The van der Waals surface area contributed by atoms with Crippen molar-refractivity contribution in [1.29, 1.82) is 0 Å². The molecule has 0 saturated carbocycles. The Morgan fingerprint density at radius 2 is 2.04 bits per heavy atom. The summed E-state index contributed by atoms with van der Waals surface area (Å²) in [4.78, 5) is 26.4. The number of rotatable bonds is 9. The van der Waals surface area contributed by atoms with Crippen molar-refractivity contribution < 1.29 is 14.3 Å². The Kier molecular flexibility index (Phi) is 8.12. The lowest BCUT2D eigenvalue weighted by Gasteiger charge is -2.14. The van der Waals surface area contributed by atoms with Crippen molar-refractivity contribution in [3.8, 4) is 5.75 Å². The number of thioether (sulfide) groups is 1. The molecule has 5 nitrogen and oxygen atoms in total. The third kappa shape index (κ3) is 5.85.